The predicted molar refractivity (Wildman–Crippen MR) is 101 cm³/mol. The maximum Gasteiger partial charge on any atom is 0.0789 e. The zero-order chi connectivity index (χ0) is 16.5. The molecule has 0 aliphatic rings. The number of benzene rings is 3. The number of hydrogen-bond acceptors (Lipinski definition) is 1. The third-order valence-electron chi connectivity index (χ3n) is 4.41. The Balaban J connectivity index is 2.13. The van der Waals surface area contributed by atoms with Gasteiger partial charge in [0.05, 0.1) is 5.69 Å². The summed E-state index contributed by atoms with van der Waals surface area (Å²) < 4.78 is 0. The van der Waals surface area contributed by atoms with Crippen LogP contribution in [0.4, 0.5) is 0 Å². The van der Waals surface area contributed by atoms with Gasteiger partial charge in [0.25, 0.3) is 0 Å². The quantitative estimate of drug-likeness (QED) is 0.482. The van der Waals surface area contributed by atoms with E-state index >= 15 is 0 Å². The molecule has 0 bridgehead atoms. The Morgan fingerprint density at radius 2 is 1.38 bits per heavy atom. The molecule has 0 amide bonds. The monoisotopic (exact) mass is 307 g/mol. The molecule has 1 heterocycles. The van der Waals surface area contributed by atoms with E-state index in [1.165, 1.54) is 10.8 Å². The van der Waals surface area contributed by atoms with Crippen LogP contribution in [0.1, 0.15) is 11.3 Å². The molecular weight excluding hydrogens is 290 g/mol. The Morgan fingerprint density at radius 3 is 2.08 bits per heavy atom. The van der Waals surface area contributed by atoms with Crippen LogP contribution >= 0.6 is 0 Å². The fourth-order valence-electron chi connectivity index (χ4n) is 3.25. The molecule has 1 aromatic heterocycles. The van der Waals surface area contributed by atoms with Crippen molar-refractivity contribution >= 4 is 21.5 Å². The number of fused-ring (bicyclic) bond motifs is 2. The van der Waals surface area contributed by atoms with E-state index in [1.54, 1.807) is 0 Å². The van der Waals surface area contributed by atoms with Gasteiger partial charge in [-0.05, 0) is 60.5 Å². The van der Waals surface area contributed by atoms with Crippen molar-refractivity contribution in [1.82, 2.24) is 4.98 Å². The van der Waals surface area contributed by atoms with Crippen LogP contribution in [-0.2, 0) is 12.8 Å². The van der Waals surface area contributed by atoms with Gasteiger partial charge in [-0.2, -0.15) is 0 Å². The highest BCUT2D eigenvalue weighted by atomic mass is 14.7. The molecule has 3 aromatic carbocycles. The van der Waals surface area contributed by atoms with E-state index in [2.05, 4.69) is 48.5 Å². The van der Waals surface area contributed by atoms with E-state index in [0.717, 1.165) is 33.3 Å². The summed E-state index contributed by atoms with van der Waals surface area (Å²) in [7, 11) is 0. The molecule has 4 rings (SSSR count). The molecule has 1 nitrogen and oxygen atoms in total. The Morgan fingerprint density at radius 1 is 0.708 bits per heavy atom. The molecule has 1 heteroatoms. The molecule has 4 aromatic rings. The zero-order valence-electron chi connectivity index (χ0n) is 13.4. The normalized spacial score (nSPS) is 11.2. The van der Waals surface area contributed by atoms with Gasteiger partial charge in [-0.1, -0.05) is 54.6 Å². The lowest BCUT2D eigenvalue weighted by Gasteiger charge is -2.13. The summed E-state index contributed by atoms with van der Waals surface area (Å²) in [6.07, 6.45) is 0.929. The fourth-order valence-corrected chi connectivity index (χ4v) is 3.25. The second-order valence-electron chi connectivity index (χ2n) is 5.96. The van der Waals surface area contributed by atoms with E-state index < -0.39 is 0 Å². The van der Waals surface area contributed by atoms with Crippen molar-refractivity contribution in [2.24, 2.45) is 0 Å². The molecule has 114 valence electrons. The number of rotatable bonds is 3. The summed E-state index contributed by atoms with van der Waals surface area (Å²) in [5.74, 6) is 0. The van der Waals surface area contributed by atoms with Crippen molar-refractivity contribution in [2.75, 3.05) is 0 Å². The maximum absolute atomic E-state index is 5.92. The first-order valence-corrected chi connectivity index (χ1v) is 8.11. The van der Waals surface area contributed by atoms with Crippen LogP contribution in [0.25, 0.3) is 32.8 Å². The number of pyridine rings is 1. The Bertz CT molecular complexity index is 945. The fraction of sp³-hybridized carbons (Fsp3) is 0.0870. The lowest BCUT2D eigenvalue weighted by atomic mass is 9.94. The van der Waals surface area contributed by atoms with Crippen LogP contribution in [0.15, 0.2) is 66.7 Å². The molecule has 24 heavy (non-hydrogen) atoms. The zero-order valence-corrected chi connectivity index (χ0v) is 13.4. The summed E-state index contributed by atoms with van der Waals surface area (Å²) in [5, 5.41) is 4.65. The van der Waals surface area contributed by atoms with Gasteiger partial charge in [0, 0.05) is 16.6 Å². The van der Waals surface area contributed by atoms with E-state index in [4.69, 9.17) is 18.8 Å². The smallest absolute Gasteiger partial charge is 0.0789 e. The molecule has 0 N–H and O–H groups in total. The predicted octanol–water partition coefficient (Wildman–Crippen LogP) is 5.56. The molecule has 4 radical (unpaired) electrons. The Kier molecular flexibility index (Phi) is 3.78. The minimum atomic E-state index is 0.423. The van der Waals surface area contributed by atoms with Crippen LogP contribution in [0.3, 0.4) is 0 Å². The van der Waals surface area contributed by atoms with Gasteiger partial charge in [-0.3, -0.25) is 4.98 Å². The second-order valence-corrected chi connectivity index (χ2v) is 5.96. The lowest BCUT2D eigenvalue weighted by Crippen LogP contribution is -1.95. The van der Waals surface area contributed by atoms with E-state index in [1.807, 2.05) is 18.2 Å². The lowest BCUT2D eigenvalue weighted by molar-refractivity contribution is 1.13. The van der Waals surface area contributed by atoms with Crippen LogP contribution in [0.5, 0.6) is 0 Å². The molecule has 0 fully saturated rings. The summed E-state index contributed by atoms with van der Waals surface area (Å²) >= 11 is 0. The second kappa shape index (κ2) is 6.09. The highest BCUT2D eigenvalue weighted by Gasteiger charge is 2.12. The molecule has 0 atom stereocenters. The molecule has 0 unspecified atom stereocenters. The highest BCUT2D eigenvalue weighted by molar-refractivity contribution is 6.04. The van der Waals surface area contributed by atoms with Gasteiger partial charge in [0.15, 0.2) is 0 Å². The van der Waals surface area contributed by atoms with Crippen molar-refractivity contribution in [3.05, 3.63) is 91.8 Å². The van der Waals surface area contributed by atoms with Crippen LogP contribution in [0.2, 0.25) is 0 Å². The number of hydrogen-bond donors (Lipinski definition) is 0. The van der Waals surface area contributed by atoms with E-state index in [0.29, 0.717) is 12.8 Å². The number of nitrogens with zero attached hydrogens (tertiary/aromatic N) is 1. The first kappa shape index (κ1) is 14.9. The summed E-state index contributed by atoms with van der Waals surface area (Å²) in [4.78, 5) is 4.85. The first-order chi connectivity index (χ1) is 11.8. The minimum absolute atomic E-state index is 0.423. The van der Waals surface area contributed by atoms with Crippen molar-refractivity contribution < 1.29 is 0 Å². The highest BCUT2D eigenvalue weighted by Crippen LogP contribution is 2.34. The van der Waals surface area contributed by atoms with Crippen molar-refractivity contribution in [3.8, 4) is 11.3 Å². The first-order valence-electron chi connectivity index (χ1n) is 8.11. The summed E-state index contributed by atoms with van der Waals surface area (Å²) in [6.45, 7) is 11.8. The van der Waals surface area contributed by atoms with Crippen LogP contribution < -0.4 is 0 Å². The van der Waals surface area contributed by atoms with Crippen molar-refractivity contribution in [2.45, 2.75) is 12.8 Å². The summed E-state index contributed by atoms with van der Waals surface area (Å²) in [6, 6.07) is 23.0. The minimum Gasteiger partial charge on any atom is -0.252 e. The van der Waals surface area contributed by atoms with Crippen molar-refractivity contribution in [1.29, 1.82) is 0 Å². The van der Waals surface area contributed by atoms with Crippen molar-refractivity contribution in [3.63, 3.8) is 0 Å². The third kappa shape index (κ3) is 2.46. The SMILES string of the molecule is [CH]Cc1cc(-c2nc(C[CH])cc3ccccc23)c2ccccc2c1. The van der Waals surface area contributed by atoms with Gasteiger partial charge in [0.1, 0.15) is 0 Å². The van der Waals surface area contributed by atoms with Gasteiger partial charge in [-0.25, -0.2) is 0 Å². The molecule has 0 saturated heterocycles. The standard InChI is InChI=1S/C23H17N/c1-3-16-13-17-9-5-7-11-20(17)22(14-16)23-21-12-8-6-10-18(21)15-19(4-2)24-23/h1-2,5-15H,3-4H2. The molecular formula is C23H17N. The largest absolute Gasteiger partial charge is 0.252 e. The van der Waals surface area contributed by atoms with Gasteiger partial charge in [-0.15, -0.1) is 0 Å². The maximum atomic E-state index is 5.92. The van der Waals surface area contributed by atoms with Crippen LogP contribution in [0, 0.1) is 13.8 Å². The van der Waals surface area contributed by atoms with E-state index in [9.17, 15) is 0 Å². The average molecular weight is 307 g/mol. The number of aromatic nitrogens is 1. The Hall–Kier alpha value is -2.67. The van der Waals surface area contributed by atoms with Crippen LogP contribution in [-0.4, -0.2) is 4.98 Å². The molecule has 0 saturated carbocycles. The van der Waals surface area contributed by atoms with Gasteiger partial charge < -0.3 is 0 Å². The average Bonchev–Trinajstić information content (AvgIpc) is 2.66. The molecule has 0 aliphatic heterocycles. The van der Waals surface area contributed by atoms with E-state index in [-0.39, 0.29) is 0 Å². The topological polar surface area (TPSA) is 12.9 Å². The summed E-state index contributed by atoms with van der Waals surface area (Å²) in [5.41, 5.74) is 4.08. The third-order valence-corrected chi connectivity index (χ3v) is 4.41. The molecule has 0 aliphatic carbocycles. The Labute approximate surface area is 143 Å². The van der Waals surface area contributed by atoms with Gasteiger partial charge >= 0.3 is 0 Å². The van der Waals surface area contributed by atoms with Gasteiger partial charge in [0.2, 0.25) is 0 Å². The molecule has 0 spiro atoms.